The quantitative estimate of drug-likeness (QED) is 0.166. The number of rotatable bonds is 8. The molecule has 1 N–H and O–H groups in total. The summed E-state index contributed by atoms with van der Waals surface area (Å²) in [4.78, 5) is 52.8. The van der Waals surface area contributed by atoms with Crippen LogP contribution in [0.5, 0.6) is 0 Å². The van der Waals surface area contributed by atoms with Gasteiger partial charge in [0, 0.05) is 5.69 Å². The summed E-state index contributed by atoms with van der Waals surface area (Å²) in [6.07, 6.45) is 0.0821. The fraction of sp³-hybridized carbons (Fsp3) is 0.360. The van der Waals surface area contributed by atoms with Crippen LogP contribution in [-0.4, -0.2) is 41.2 Å². The molecular weight excluding hydrogens is 550 g/mol. The summed E-state index contributed by atoms with van der Waals surface area (Å²) in [6, 6.07) is 5.96. The van der Waals surface area contributed by atoms with Gasteiger partial charge in [0.05, 0.1) is 31.2 Å². The minimum atomic E-state index is -1.32. The number of nitrogens with zero attached hydrogens (tertiary/aromatic N) is 1. The summed E-state index contributed by atoms with van der Waals surface area (Å²) < 4.78 is 5.24. The molecule has 36 heavy (non-hydrogen) atoms. The van der Waals surface area contributed by atoms with Gasteiger partial charge in [-0.05, 0) is 29.9 Å². The number of imide groups is 1. The molecule has 0 bridgehead atoms. The van der Waals surface area contributed by atoms with Gasteiger partial charge < -0.3 is 10.1 Å². The molecule has 0 saturated heterocycles. The first-order chi connectivity index (χ1) is 16.9. The molecule has 0 spiro atoms. The van der Waals surface area contributed by atoms with E-state index in [1.165, 1.54) is 0 Å². The van der Waals surface area contributed by atoms with Crippen molar-refractivity contribution < 1.29 is 23.9 Å². The highest BCUT2D eigenvalue weighted by atomic mass is 35.5. The van der Waals surface area contributed by atoms with Crippen molar-refractivity contribution in [2.75, 3.05) is 11.9 Å². The number of anilines is 1. The van der Waals surface area contributed by atoms with Crippen LogP contribution < -0.4 is 5.32 Å². The lowest BCUT2D eigenvalue weighted by atomic mass is 10.0. The summed E-state index contributed by atoms with van der Waals surface area (Å²) in [6.45, 7) is 6.98. The van der Waals surface area contributed by atoms with E-state index in [0.29, 0.717) is 5.69 Å². The number of halogens is 4. The van der Waals surface area contributed by atoms with E-state index < -0.39 is 36.3 Å². The van der Waals surface area contributed by atoms with E-state index in [0.717, 1.165) is 10.5 Å². The van der Waals surface area contributed by atoms with E-state index in [1.54, 1.807) is 12.1 Å². The van der Waals surface area contributed by atoms with Gasteiger partial charge in [0.1, 0.15) is 6.04 Å². The van der Waals surface area contributed by atoms with Gasteiger partial charge in [-0.1, -0.05) is 92.3 Å². The predicted molar refractivity (Wildman–Crippen MR) is 140 cm³/mol. The van der Waals surface area contributed by atoms with Gasteiger partial charge in [0.25, 0.3) is 17.7 Å². The Hall–Kier alpha value is -2.32. The van der Waals surface area contributed by atoms with Crippen LogP contribution in [-0.2, 0) is 14.3 Å². The van der Waals surface area contributed by atoms with Crippen LogP contribution in [0.15, 0.2) is 24.3 Å². The zero-order valence-corrected chi connectivity index (χ0v) is 23.0. The molecule has 1 aliphatic heterocycles. The largest absolute Gasteiger partial charge is 0.454 e. The smallest absolute Gasteiger partial charge is 0.329 e. The van der Waals surface area contributed by atoms with E-state index in [4.69, 9.17) is 51.1 Å². The maximum absolute atomic E-state index is 13.2. The highest BCUT2D eigenvalue weighted by Gasteiger charge is 2.47. The maximum atomic E-state index is 13.2. The van der Waals surface area contributed by atoms with Crippen LogP contribution in [0.2, 0.25) is 20.1 Å². The molecule has 1 aliphatic rings. The standard InChI is InChI=1S/C25H24Cl4N2O5/c1-11(2)9-15(25(35)36-10-16(32)30-14-8-6-5-7-13(14)12(3)4)31-23(33)17-18(24(31)34)20(27)22(29)21(28)19(17)26/h5-8,11-12,15H,9-10H2,1-4H3,(H,30,32). The maximum Gasteiger partial charge on any atom is 0.329 e. The van der Waals surface area contributed by atoms with Gasteiger partial charge >= 0.3 is 5.97 Å². The SMILES string of the molecule is CC(C)CC(C(=O)OCC(=O)Nc1ccccc1C(C)C)N1C(=O)c2c(Cl)c(Cl)c(Cl)c(Cl)c2C1=O. The highest BCUT2D eigenvalue weighted by molar-refractivity contribution is 6.55. The first-order valence-electron chi connectivity index (χ1n) is 11.2. The lowest BCUT2D eigenvalue weighted by Crippen LogP contribution is -2.47. The molecule has 3 amide bonds. The zero-order chi connectivity index (χ0) is 26.9. The molecule has 1 unspecified atom stereocenters. The first-order valence-corrected chi connectivity index (χ1v) is 12.7. The number of hydrogen-bond acceptors (Lipinski definition) is 5. The molecule has 0 aromatic heterocycles. The van der Waals surface area contributed by atoms with Gasteiger partial charge in [-0.15, -0.1) is 0 Å². The minimum absolute atomic E-state index is 0.0821. The highest BCUT2D eigenvalue weighted by Crippen LogP contribution is 2.45. The van der Waals surface area contributed by atoms with Gasteiger partial charge in [-0.2, -0.15) is 0 Å². The predicted octanol–water partition coefficient (Wildman–Crippen LogP) is 6.62. The average Bonchev–Trinajstić information content (AvgIpc) is 3.08. The summed E-state index contributed by atoms with van der Waals surface area (Å²) >= 11 is 24.5. The topological polar surface area (TPSA) is 92.8 Å². The molecule has 11 heteroatoms. The van der Waals surface area contributed by atoms with Crippen molar-refractivity contribution >= 4 is 75.8 Å². The molecule has 1 atom stereocenters. The van der Waals surface area contributed by atoms with Crippen LogP contribution in [0.3, 0.4) is 0 Å². The van der Waals surface area contributed by atoms with Crippen molar-refractivity contribution in [2.45, 2.75) is 46.1 Å². The Bertz CT molecular complexity index is 1200. The molecule has 0 fully saturated rings. The number of benzene rings is 2. The van der Waals surface area contributed by atoms with Crippen LogP contribution in [0.25, 0.3) is 0 Å². The Morgan fingerprint density at radius 2 is 1.42 bits per heavy atom. The normalized spacial score (nSPS) is 13.9. The number of ether oxygens (including phenoxy) is 1. The average molecular weight is 574 g/mol. The first kappa shape index (κ1) is 28.3. The summed E-state index contributed by atoms with van der Waals surface area (Å²) in [5.74, 6) is -3.14. The van der Waals surface area contributed by atoms with Crippen LogP contribution in [0, 0.1) is 5.92 Å². The van der Waals surface area contributed by atoms with Gasteiger partial charge in [-0.3, -0.25) is 19.3 Å². The molecule has 3 rings (SSSR count). The molecule has 1 heterocycles. The molecule has 7 nitrogen and oxygen atoms in total. The van der Waals surface area contributed by atoms with E-state index in [-0.39, 0.29) is 49.5 Å². The van der Waals surface area contributed by atoms with Crippen molar-refractivity contribution in [3.63, 3.8) is 0 Å². The van der Waals surface area contributed by atoms with E-state index >= 15 is 0 Å². The van der Waals surface area contributed by atoms with Crippen LogP contribution >= 0.6 is 46.4 Å². The third-order valence-corrected chi connectivity index (χ3v) is 7.42. The van der Waals surface area contributed by atoms with Crippen LogP contribution in [0.4, 0.5) is 5.69 Å². The summed E-state index contributed by atoms with van der Waals surface area (Å²) in [5, 5.41) is 1.91. The zero-order valence-electron chi connectivity index (χ0n) is 20.0. The van der Waals surface area contributed by atoms with E-state index in [1.807, 2.05) is 39.8 Å². The second-order valence-corrected chi connectivity index (χ2v) is 10.5. The van der Waals surface area contributed by atoms with Gasteiger partial charge in [-0.25, -0.2) is 4.79 Å². The molecule has 2 aromatic rings. The van der Waals surface area contributed by atoms with Crippen molar-refractivity contribution in [3.05, 3.63) is 61.0 Å². The molecule has 2 aromatic carbocycles. The number of para-hydroxylation sites is 1. The Morgan fingerprint density at radius 1 is 0.889 bits per heavy atom. The van der Waals surface area contributed by atoms with Gasteiger partial charge in [0.15, 0.2) is 6.61 Å². The molecular formula is C25H24Cl4N2O5. The van der Waals surface area contributed by atoms with Crippen molar-refractivity contribution in [3.8, 4) is 0 Å². The fourth-order valence-electron chi connectivity index (χ4n) is 3.94. The Kier molecular flexibility index (Phi) is 8.93. The number of carbonyl (C=O) groups is 4. The number of nitrogens with one attached hydrogen (secondary N) is 1. The molecule has 192 valence electrons. The number of fused-ring (bicyclic) bond motifs is 1. The number of esters is 1. The van der Waals surface area contributed by atoms with Gasteiger partial charge in [0.2, 0.25) is 0 Å². The molecule has 0 radical (unpaired) electrons. The fourth-order valence-corrected chi connectivity index (χ4v) is 4.95. The Balaban J connectivity index is 1.82. The van der Waals surface area contributed by atoms with Crippen molar-refractivity contribution in [1.29, 1.82) is 0 Å². The van der Waals surface area contributed by atoms with Crippen molar-refractivity contribution in [1.82, 2.24) is 4.90 Å². The summed E-state index contributed by atoms with van der Waals surface area (Å²) in [7, 11) is 0. The Labute approximate surface area is 229 Å². The second kappa shape index (κ2) is 11.4. The van der Waals surface area contributed by atoms with E-state index in [2.05, 4.69) is 5.32 Å². The number of carbonyl (C=O) groups excluding carboxylic acids is 4. The second-order valence-electron chi connectivity index (χ2n) is 9.03. The molecule has 0 saturated carbocycles. The summed E-state index contributed by atoms with van der Waals surface area (Å²) in [5.41, 5.74) is 1.06. The molecule has 0 aliphatic carbocycles. The third kappa shape index (κ3) is 5.49. The number of hydrogen-bond donors (Lipinski definition) is 1. The van der Waals surface area contributed by atoms with Crippen LogP contribution in [0.1, 0.15) is 66.3 Å². The third-order valence-electron chi connectivity index (χ3n) is 5.61. The number of amides is 3. The van der Waals surface area contributed by atoms with E-state index in [9.17, 15) is 19.2 Å². The Morgan fingerprint density at radius 3 is 1.92 bits per heavy atom. The lowest BCUT2D eigenvalue weighted by Gasteiger charge is -2.26. The lowest BCUT2D eigenvalue weighted by molar-refractivity contribution is -0.151. The monoisotopic (exact) mass is 572 g/mol. The van der Waals surface area contributed by atoms with Crippen molar-refractivity contribution in [2.24, 2.45) is 5.92 Å². The minimum Gasteiger partial charge on any atom is -0.454 e.